The van der Waals surface area contributed by atoms with E-state index in [1.54, 1.807) is 18.6 Å². The first-order chi connectivity index (χ1) is 16.6. The van der Waals surface area contributed by atoms with Crippen LogP contribution in [0.2, 0.25) is 0 Å². The second kappa shape index (κ2) is 8.95. The molecule has 1 aromatic carbocycles. The van der Waals surface area contributed by atoms with Crippen LogP contribution >= 0.6 is 0 Å². The van der Waals surface area contributed by atoms with Gasteiger partial charge in [0.25, 0.3) is 0 Å². The number of H-pyrrole nitrogens is 2. The number of nitrogens with one attached hydrogen (secondary N) is 3. The lowest BCUT2D eigenvalue weighted by Gasteiger charge is -2.12. The summed E-state index contributed by atoms with van der Waals surface area (Å²) < 4.78 is 0. The second-order valence-electron chi connectivity index (χ2n) is 8.10. The Labute approximate surface area is 196 Å². The van der Waals surface area contributed by atoms with Gasteiger partial charge in [-0.05, 0) is 61.5 Å². The van der Waals surface area contributed by atoms with E-state index in [2.05, 4.69) is 74.2 Å². The van der Waals surface area contributed by atoms with Crippen LogP contribution in [0.25, 0.3) is 49.9 Å². The topological polar surface area (TPSA) is 120 Å². The molecule has 4 heterocycles. The van der Waals surface area contributed by atoms with Crippen molar-refractivity contribution in [3.8, 4) is 11.5 Å². The third-order valence-corrected chi connectivity index (χ3v) is 6.11. The van der Waals surface area contributed by atoms with Gasteiger partial charge in [-0.3, -0.25) is 10.1 Å². The number of hydrogen-bond donors (Lipinski definition) is 3. The van der Waals surface area contributed by atoms with E-state index in [-0.39, 0.29) is 0 Å². The van der Waals surface area contributed by atoms with E-state index in [0.29, 0.717) is 11.5 Å². The van der Waals surface area contributed by atoms with Crippen molar-refractivity contribution in [2.45, 2.75) is 20.8 Å². The van der Waals surface area contributed by atoms with Crippen LogP contribution in [0.5, 0.6) is 0 Å². The molecule has 0 unspecified atom stereocenters. The molecule has 0 aliphatic heterocycles. The van der Waals surface area contributed by atoms with Crippen molar-refractivity contribution in [2.75, 3.05) is 13.1 Å². The van der Waals surface area contributed by atoms with Crippen LogP contribution in [-0.4, -0.2) is 55.2 Å². The number of imidazole rings is 1. The molecule has 0 saturated heterocycles. The molecule has 0 spiro atoms. The summed E-state index contributed by atoms with van der Waals surface area (Å²) in [6.07, 6.45) is 7.16. The number of fused-ring (bicyclic) bond motifs is 4. The minimum Gasteiger partial charge on any atom is -0.336 e. The summed E-state index contributed by atoms with van der Waals surface area (Å²) in [6, 6.07) is 6.07. The molecule has 4 aromatic heterocycles. The van der Waals surface area contributed by atoms with E-state index >= 15 is 0 Å². The third kappa shape index (κ3) is 3.75. The molecular formula is C25H25N9. The molecule has 0 aliphatic carbocycles. The second-order valence-corrected chi connectivity index (χ2v) is 8.10. The summed E-state index contributed by atoms with van der Waals surface area (Å²) in [4.78, 5) is 16.8. The molecule has 5 rings (SSSR count). The van der Waals surface area contributed by atoms with Gasteiger partial charge in [0.15, 0.2) is 11.5 Å². The number of benzene rings is 1. The van der Waals surface area contributed by atoms with Gasteiger partial charge < -0.3 is 10.3 Å². The number of allylic oxidation sites excluding steroid dienone is 1. The van der Waals surface area contributed by atoms with Gasteiger partial charge in [0, 0.05) is 29.7 Å². The number of aliphatic imine (C=N–C) groups is 1. The minimum absolute atomic E-state index is 0.673. The number of hydrogen-bond acceptors (Lipinski definition) is 7. The fourth-order valence-electron chi connectivity index (χ4n) is 4.06. The van der Waals surface area contributed by atoms with Gasteiger partial charge in [-0.1, -0.05) is 13.0 Å². The van der Waals surface area contributed by atoms with Gasteiger partial charge in [-0.25, -0.2) is 9.97 Å². The molecule has 34 heavy (non-hydrogen) atoms. The smallest absolute Gasteiger partial charge is 0.159 e. The maximum absolute atomic E-state index is 4.79. The van der Waals surface area contributed by atoms with Crippen molar-refractivity contribution in [2.24, 2.45) is 4.99 Å². The van der Waals surface area contributed by atoms with Gasteiger partial charge in [0.1, 0.15) is 5.69 Å². The first-order valence-corrected chi connectivity index (χ1v) is 11.1. The lowest BCUT2D eigenvalue weighted by molar-refractivity contribution is 0.778. The Hall–Kier alpha value is -4.24. The zero-order chi connectivity index (χ0) is 23.7. The van der Waals surface area contributed by atoms with Gasteiger partial charge in [0.2, 0.25) is 0 Å². The molecule has 0 atom stereocenters. The lowest BCUT2D eigenvalue weighted by Crippen LogP contribution is -2.17. The Morgan fingerprint density at radius 3 is 2.82 bits per heavy atom. The highest BCUT2D eigenvalue weighted by atomic mass is 15.2. The highest BCUT2D eigenvalue weighted by molar-refractivity contribution is 6.05. The van der Waals surface area contributed by atoms with E-state index in [9.17, 15) is 0 Å². The monoisotopic (exact) mass is 451 g/mol. The molecule has 170 valence electrons. The zero-order valence-corrected chi connectivity index (χ0v) is 19.3. The Bertz CT molecular complexity index is 1590. The number of rotatable bonds is 7. The van der Waals surface area contributed by atoms with Gasteiger partial charge in [0.05, 0.1) is 28.8 Å². The average Bonchev–Trinajstić information content (AvgIpc) is 3.49. The molecule has 0 fully saturated rings. The number of likely N-dealkylation sites (N-methyl/N-ethyl adjacent to an activating group) is 1. The summed E-state index contributed by atoms with van der Waals surface area (Å²) in [6.45, 7) is 11.5. The maximum Gasteiger partial charge on any atom is 0.159 e. The Kier molecular flexibility index (Phi) is 5.69. The molecule has 9 nitrogen and oxygen atoms in total. The van der Waals surface area contributed by atoms with Crippen LogP contribution in [0.1, 0.15) is 26.3 Å². The van der Waals surface area contributed by atoms with Crippen molar-refractivity contribution in [3.63, 3.8) is 0 Å². The third-order valence-electron chi connectivity index (χ3n) is 6.11. The standard InChI is InChI=1S/C25H25N9/c1-5-27-10-18(9-26-4)15(3)14(2)17-8-19-23(33-34-24(19)28-11-17)25-31-21-7-6-16-12-29-30-13-20(16)22(21)32-25/h6-9,11-13,27H,4-5,10H2,1-3H3,(H,31,32)(H,28,33,34)/b15-14+,18-9-. The van der Waals surface area contributed by atoms with Crippen LogP contribution in [-0.2, 0) is 0 Å². The quantitative estimate of drug-likeness (QED) is 0.249. The van der Waals surface area contributed by atoms with E-state index in [0.717, 1.165) is 68.3 Å². The number of aromatic amines is 2. The predicted octanol–water partition coefficient (Wildman–Crippen LogP) is 4.43. The van der Waals surface area contributed by atoms with Gasteiger partial charge in [-0.15, -0.1) is 0 Å². The normalized spacial score (nSPS) is 13.1. The average molecular weight is 452 g/mol. The minimum atomic E-state index is 0.673. The summed E-state index contributed by atoms with van der Waals surface area (Å²) in [5.74, 6) is 0.673. The molecular weight excluding hydrogens is 426 g/mol. The van der Waals surface area contributed by atoms with Crippen molar-refractivity contribution in [1.82, 2.24) is 40.7 Å². The Morgan fingerprint density at radius 1 is 1.15 bits per heavy atom. The number of pyridine rings is 1. The fourth-order valence-corrected chi connectivity index (χ4v) is 4.06. The number of nitrogens with zero attached hydrogens (tertiary/aromatic N) is 6. The summed E-state index contributed by atoms with van der Waals surface area (Å²) in [7, 11) is 0. The van der Waals surface area contributed by atoms with E-state index < -0.39 is 0 Å². The molecule has 3 N–H and O–H groups in total. The van der Waals surface area contributed by atoms with Gasteiger partial charge in [-0.2, -0.15) is 15.3 Å². The SMILES string of the molecule is C=N/C=C(CNCC)\C(C)=C(/C)c1cnc2[nH]nc(-c3nc4ccc5cnncc5c4[nH]3)c2c1. The Balaban J connectivity index is 1.61. The van der Waals surface area contributed by atoms with Crippen molar-refractivity contribution < 1.29 is 0 Å². The lowest BCUT2D eigenvalue weighted by atomic mass is 9.97. The van der Waals surface area contributed by atoms with E-state index in [4.69, 9.17) is 4.98 Å². The van der Waals surface area contributed by atoms with Crippen molar-refractivity contribution >= 4 is 45.1 Å². The summed E-state index contributed by atoms with van der Waals surface area (Å²) >= 11 is 0. The molecule has 0 bridgehead atoms. The van der Waals surface area contributed by atoms with Crippen LogP contribution in [0.15, 0.2) is 59.1 Å². The molecule has 5 aromatic rings. The first-order valence-electron chi connectivity index (χ1n) is 11.1. The summed E-state index contributed by atoms with van der Waals surface area (Å²) in [5.41, 5.74) is 7.53. The Morgan fingerprint density at radius 2 is 2.00 bits per heavy atom. The highest BCUT2D eigenvalue weighted by Crippen LogP contribution is 2.31. The fraction of sp³-hybridized carbons (Fsp3) is 0.200. The van der Waals surface area contributed by atoms with Crippen LogP contribution in [0.4, 0.5) is 0 Å². The predicted molar refractivity (Wildman–Crippen MR) is 137 cm³/mol. The highest BCUT2D eigenvalue weighted by Gasteiger charge is 2.16. The van der Waals surface area contributed by atoms with E-state index in [1.807, 2.05) is 18.3 Å². The molecule has 0 saturated carbocycles. The van der Waals surface area contributed by atoms with Crippen LogP contribution in [0, 0.1) is 0 Å². The van der Waals surface area contributed by atoms with Crippen molar-refractivity contribution in [1.29, 1.82) is 0 Å². The first kappa shape index (κ1) is 21.6. The summed E-state index contributed by atoms with van der Waals surface area (Å²) in [5, 5.41) is 21.8. The zero-order valence-electron chi connectivity index (χ0n) is 19.3. The van der Waals surface area contributed by atoms with E-state index in [1.165, 1.54) is 0 Å². The molecule has 0 amide bonds. The molecule has 0 radical (unpaired) electrons. The number of aromatic nitrogens is 7. The maximum atomic E-state index is 4.79. The van der Waals surface area contributed by atoms with Crippen LogP contribution < -0.4 is 5.32 Å². The van der Waals surface area contributed by atoms with Crippen molar-refractivity contribution in [3.05, 3.63) is 59.7 Å². The largest absolute Gasteiger partial charge is 0.336 e. The van der Waals surface area contributed by atoms with Gasteiger partial charge >= 0.3 is 0 Å². The van der Waals surface area contributed by atoms with Crippen LogP contribution in [0.3, 0.4) is 0 Å². The molecule has 0 aliphatic rings. The molecule has 9 heteroatoms.